The number of ether oxygens (including phenoxy) is 1. The van der Waals surface area contributed by atoms with Crippen molar-refractivity contribution in [2.45, 2.75) is 49.7 Å². The molecule has 2 aromatic heterocycles. The van der Waals surface area contributed by atoms with Gasteiger partial charge in [-0.1, -0.05) is 6.92 Å². The van der Waals surface area contributed by atoms with Crippen LogP contribution >= 0.6 is 11.8 Å². The Bertz CT molecular complexity index is 1060. The summed E-state index contributed by atoms with van der Waals surface area (Å²) in [5.74, 6) is 2.32. The number of aromatic amines is 1. The minimum Gasteiger partial charge on any atom is -0.378 e. The molecule has 5 rings (SSSR count). The van der Waals surface area contributed by atoms with Crippen LogP contribution in [0.25, 0.3) is 11.0 Å². The summed E-state index contributed by atoms with van der Waals surface area (Å²) in [5, 5.41) is 16.5. The molecule has 0 bridgehead atoms. The molecule has 1 saturated carbocycles. The number of H-pyrrole nitrogens is 1. The van der Waals surface area contributed by atoms with E-state index < -0.39 is 0 Å². The van der Waals surface area contributed by atoms with Crippen LogP contribution in [-0.4, -0.2) is 64.3 Å². The normalized spacial score (nSPS) is 21.3. The standard InChI is InChI=1S/C23H32N8OS/c1-2-33-22-19-20(25-16-5-3-15(24)4-6-16)27-23(28-21(19)29-30-22)26-17-7-9-18(10-8-17)31-11-13-32-14-12-31/h7-10,15-16H,2-6,11-14,24H2,1H3,(H3,25,26,27,28,29,30). The summed E-state index contributed by atoms with van der Waals surface area (Å²) in [6, 6.07) is 9.06. The summed E-state index contributed by atoms with van der Waals surface area (Å²) in [6.45, 7) is 5.52. The fraction of sp³-hybridized carbons (Fsp3) is 0.522. The number of hydrogen-bond acceptors (Lipinski definition) is 9. The van der Waals surface area contributed by atoms with E-state index in [1.165, 1.54) is 5.69 Å². The van der Waals surface area contributed by atoms with Crippen molar-refractivity contribution in [2.24, 2.45) is 5.73 Å². The topological polar surface area (TPSA) is 117 Å². The number of morpholine rings is 1. The molecule has 9 nitrogen and oxygen atoms in total. The van der Waals surface area contributed by atoms with Crippen LogP contribution in [0.2, 0.25) is 0 Å². The lowest BCUT2D eigenvalue weighted by Gasteiger charge is -2.29. The summed E-state index contributed by atoms with van der Waals surface area (Å²) in [4.78, 5) is 11.9. The average Bonchev–Trinajstić information content (AvgIpc) is 3.25. The van der Waals surface area contributed by atoms with Gasteiger partial charge >= 0.3 is 0 Å². The van der Waals surface area contributed by atoms with Gasteiger partial charge in [0.15, 0.2) is 5.65 Å². The zero-order valence-corrected chi connectivity index (χ0v) is 19.8. The van der Waals surface area contributed by atoms with Gasteiger partial charge < -0.3 is 26.0 Å². The lowest BCUT2D eigenvalue weighted by Crippen LogP contribution is -2.36. The Morgan fingerprint density at radius 1 is 1.12 bits per heavy atom. The molecule has 33 heavy (non-hydrogen) atoms. The van der Waals surface area contributed by atoms with E-state index in [4.69, 9.17) is 20.4 Å². The minimum atomic E-state index is 0.311. The number of nitrogens with two attached hydrogens (primary N) is 1. The Hall–Kier alpha value is -2.56. The zero-order valence-electron chi connectivity index (χ0n) is 19.0. The Balaban J connectivity index is 1.38. The molecular formula is C23H32N8OS. The molecular weight excluding hydrogens is 436 g/mol. The van der Waals surface area contributed by atoms with Gasteiger partial charge in [-0.25, -0.2) is 0 Å². The van der Waals surface area contributed by atoms with Crippen molar-refractivity contribution < 1.29 is 4.74 Å². The Morgan fingerprint density at radius 3 is 2.61 bits per heavy atom. The first-order valence-electron chi connectivity index (χ1n) is 11.8. The number of rotatable bonds is 7. The maximum atomic E-state index is 6.11. The summed E-state index contributed by atoms with van der Waals surface area (Å²) in [6.07, 6.45) is 4.17. The third-order valence-electron chi connectivity index (χ3n) is 6.28. The van der Waals surface area contributed by atoms with Gasteiger partial charge in [-0.15, -0.1) is 11.8 Å². The molecule has 10 heteroatoms. The number of thioether (sulfide) groups is 1. The molecule has 2 fully saturated rings. The van der Waals surface area contributed by atoms with Crippen LogP contribution < -0.4 is 21.3 Å². The van der Waals surface area contributed by atoms with Crippen LogP contribution in [0.4, 0.5) is 23.1 Å². The number of aromatic nitrogens is 4. The van der Waals surface area contributed by atoms with Gasteiger partial charge in [0.2, 0.25) is 5.95 Å². The number of hydrogen-bond donors (Lipinski definition) is 4. The molecule has 0 spiro atoms. The molecule has 0 radical (unpaired) electrons. The molecule has 5 N–H and O–H groups in total. The molecule has 1 aromatic carbocycles. The van der Waals surface area contributed by atoms with Crippen molar-refractivity contribution in [1.29, 1.82) is 0 Å². The smallest absolute Gasteiger partial charge is 0.231 e. The molecule has 0 amide bonds. The first-order chi connectivity index (χ1) is 16.2. The second kappa shape index (κ2) is 10.1. The van der Waals surface area contributed by atoms with Crippen LogP contribution in [0.5, 0.6) is 0 Å². The number of nitrogens with one attached hydrogen (secondary N) is 3. The largest absolute Gasteiger partial charge is 0.378 e. The first-order valence-corrected chi connectivity index (χ1v) is 12.8. The van der Waals surface area contributed by atoms with Gasteiger partial charge in [0.1, 0.15) is 10.8 Å². The molecule has 3 aromatic rings. The van der Waals surface area contributed by atoms with Crippen molar-refractivity contribution in [2.75, 3.05) is 47.6 Å². The van der Waals surface area contributed by atoms with Gasteiger partial charge in [0, 0.05) is 36.5 Å². The first kappa shape index (κ1) is 22.2. The third kappa shape index (κ3) is 5.18. The van der Waals surface area contributed by atoms with Gasteiger partial charge in [0.05, 0.1) is 18.6 Å². The average molecular weight is 469 g/mol. The highest BCUT2D eigenvalue weighted by Gasteiger charge is 2.22. The SMILES string of the molecule is CCSc1n[nH]c2nc(Nc3ccc(N4CCOCC4)cc3)nc(NC3CCC(N)CC3)c12. The van der Waals surface area contributed by atoms with E-state index in [1.807, 2.05) is 0 Å². The Kier molecular flexibility index (Phi) is 6.84. The van der Waals surface area contributed by atoms with E-state index in [-0.39, 0.29) is 0 Å². The van der Waals surface area contributed by atoms with E-state index in [0.29, 0.717) is 18.0 Å². The molecule has 0 unspecified atom stereocenters. The van der Waals surface area contributed by atoms with Crippen molar-refractivity contribution >= 4 is 45.9 Å². The number of nitrogens with zero attached hydrogens (tertiary/aromatic N) is 4. The second-order valence-corrected chi connectivity index (χ2v) is 9.86. The van der Waals surface area contributed by atoms with Crippen molar-refractivity contribution in [3.8, 4) is 0 Å². The van der Waals surface area contributed by atoms with Gasteiger partial charge in [-0.2, -0.15) is 15.1 Å². The summed E-state index contributed by atoms with van der Waals surface area (Å²) in [7, 11) is 0. The highest BCUT2D eigenvalue weighted by Crippen LogP contribution is 2.33. The van der Waals surface area contributed by atoms with Gasteiger partial charge in [-0.05, 0) is 55.7 Å². The predicted molar refractivity (Wildman–Crippen MR) is 135 cm³/mol. The van der Waals surface area contributed by atoms with Crippen molar-refractivity contribution in [3.05, 3.63) is 24.3 Å². The summed E-state index contributed by atoms with van der Waals surface area (Å²) >= 11 is 1.70. The van der Waals surface area contributed by atoms with Crippen LogP contribution in [0.1, 0.15) is 32.6 Å². The van der Waals surface area contributed by atoms with E-state index in [2.05, 4.69) is 56.9 Å². The van der Waals surface area contributed by atoms with Gasteiger partial charge in [-0.3, -0.25) is 5.10 Å². The third-order valence-corrected chi connectivity index (χ3v) is 7.14. The lowest BCUT2D eigenvalue weighted by molar-refractivity contribution is 0.122. The summed E-state index contributed by atoms with van der Waals surface area (Å²) in [5.41, 5.74) is 8.99. The van der Waals surface area contributed by atoms with E-state index >= 15 is 0 Å². The van der Waals surface area contributed by atoms with Crippen LogP contribution in [-0.2, 0) is 4.74 Å². The van der Waals surface area contributed by atoms with Crippen LogP contribution in [0, 0.1) is 0 Å². The number of benzene rings is 1. The van der Waals surface area contributed by atoms with Crippen molar-refractivity contribution in [3.63, 3.8) is 0 Å². The lowest BCUT2D eigenvalue weighted by atomic mass is 9.92. The van der Waals surface area contributed by atoms with E-state index in [9.17, 15) is 0 Å². The molecule has 2 aliphatic rings. The van der Waals surface area contributed by atoms with Crippen molar-refractivity contribution in [1.82, 2.24) is 20.2 Å². The fourth-order valence-corrected chi connectivity index (χ4v) is 5.19. The van der Waals surface area contributed by atoms with Crippen LogP contribution in [0.15, 0.2) is 29.3 Å². The molecule has 0 atom stereocenters. The number of fused-ring (bicyclic) bond motifs is 1. The van der Waals surface area contributed by atoms with E-state index in [1.54, 1.807) is 11.8 Å². The maximum Gasteiger partial charge on any atom is 0.231 e. The summed E-state index contributed by atoms with van der Waals surface area (Å²) < 4.78 is 5.45. The zero-order chi connectivity index (χ0) is 22.6. The second-order valence-electron chi connectivity index (χ2n) is 8.61. The predicted octanol–water partition coefficient (Wildman–Crippen LogP) is 3.73. The number of anilines is 4. The Labute approximate surface area is 198 Å². The quantitative estimate of drug-likeness (QED) is 0.385. The molecule has 1 saturated heterocycles. The monoisotopic (exact) mass is 468 g/mol. The Morgan fingerprint density at radius 2 is 1.88 bits per heavy atom. The van der Waals surface area contributed by atoms with Crippen LogP contribution in [0.3, 0.4) is 0 Å². The maximum absolute atomic E-state index is 6.11. The fourth-order valence-electron chi connectivity index (χ4n) is 4.47. The molecule has 3 heterocycles. The molecule has 1 aliphatic carbocycles. The highest BCUT2D eigenvalue weighted by molar-refractivity contribution is 7.99. The van der Waals surface area contributed by atoms with E-state index in [0.717, 1.165) is 85.3 Å². The highest BCUT2D eigenvalue weighted by atomic mass is 32.2. The molecule has 1 aliphatic heterocycles. The van der Waals surface area contributed by atoms with Gasteiger partial charge in [0.25, 0.3) is 0 Å². The minimum absolute atomic E-state index is 0.311. The molecule has 176 valence electrons.